The second kappa shape index (κ2) is 3.31. The highest BCUT2D eigenvalue weighted by Crippen LogP contribution is 2.34. The SMILES string of the molecule is N[C@H]1CC[C@@H](c2nc3ncccc3o2)C1. The van der Waals surface area contributed by atoms with E-state index in [0.717, 1.165) is 30.7 Å². The first-order chi connectivity index (χ1) is 7.33. The maximum Gasteiger partial charge on any atom is 0.200 e. The molecule has 2 heterocycles. The Labute approximate surface area is 87.5 Å². The lowest BCUT2D eigenvalue weighted by atomic mass is 10.1. The molecule has 0 saturated heterocycles. The Kier molecular flexibility index (Phi) is 1.95. The van der Waals surface area contributed by atoms with Gasteiger partial charge in [-0.2, -0.15) is 4.98 Å². The molecule has 0 unspecified atom stereocenters. The summed E-state index contributed by atoms with van der Waals surface area (Å²) in [5, 5.41) is 0. The molecule has 0 spiro atoms. The van der Waals surface area contributed by atoms with Gasteiger partial charge in [0, 0.05) is 18.2 Å². The van der Waals surface area contributed by atoms with Gasteiger partial charge in [-0.1, -0.05) is 0 Å². The van der Waals surface area contributed by atoms with Crippen LogP contribution < -0.4 is 5.73 Å². The lowest BCUT2D eigenvalue weighted by molar-refractivity contribution is 0.471. The molecule has 0 bridgehead atoms. The molecular formula is C11H13N3O. The highest BCUT2D eigenvalue weighted by Gasteiger charge is 2.27. The van der Waals surface area contributed by atoms with Crippen LogP contribution in [0.15, 0.2) is 22.7 Å². The number of hydrogen-bond acceptors (Lipinski definition) is 4. The van der Waals surface area contributed by atoms with Gasteiger partial charge in [0.05, 0.1) is 0 Å². The molecule has 2 aromatic rings. The number of rotatable bonds is 1. The molecule has 1 fully saturated rings. The van der Waals surface area contributed by atoms with Crippen LogP contribution in [0.3, 0.4) is 0 Å². The minimum absolute atomic E-state index is 0.304. The summed E-state index contributed by atoms with van der Waals surface area (Å²) in [4.78, 5) is 8.55. The monoisotopic (exact) mass is 203 g/mol. The summed E-state index contributed by atoms with van der Waals surface area (Å²) in [6.45, 7) is 0. The first kappa shape index (κ1) is 8.85. The maximum atomic E-state index is 5.87. The van der Waals surface area contributed by atoms with Crippen molar-refractivity contribution >= 4 is 11.2 Å². The molecule has 0 radical (unpaired) electrons. The van der Waals surface area contributed by atoms with Crippen LogP contribution >= 0.6 is 0 Å². The summed E-state index contributed by atoms with van der Waals surface area (Å²) >= 11 is 0. The fourth-order valence-electron chi connectivity index (χ4n) is 2.20. The summed E-state index contributed by atoms with van der Waals surface area (Å²) in [6.07, 6.45) is 4.85. The van der Waals surface area contributed by atoms with Gasteiger partial charge in [-0.3, -0.25) is 0 Å². The van der Waals surface area contributed by atoms with Crippen molar-refractivity contribution in [2.75, 3.05) is 0 Å². The molecule has 0 aliphatic heterocycles. The van der Waals surface area contributed by atoms with Crippen LogP contribution in [-0.2, 0) is 0 Å². The molecule has 1 saturated carbocycles. The van der Waals surface area contributed by atoms with Gasteiger partial charge in [0.1, 0.15) is 0 Å². The van der Waals surface area contributed by atoms with E-state index in [0.29, 0.717) is 17.6 Å². The molecule has 15 heavy (non-hydrogen) atoms. The fourth-order valence-corrected chi connectivity index (χ4v) is 2.20. The molecular weight excluding hydrogens is 190 g/mol. The van der Waals surface area contributed by atoms with Crippen molar-refractivity contribution < 1.29 is 4.42 Å². The second-order valence-electron chi connectivity index (χ2n) is 4.15. The predicted octanol–water partition coefficient (Wildman–Crippen LogP) is 1.82. The zero-order chi connectivity index (χ0) is 10.3. The summed E-state index contributed by atoms with van der Waals surface area (Å²) in [6, 6.07) is 4.06. The van der Waals surface area contributed by atoms with Crippen molar-refractivity contribution in [2.24, 2.45) is 5.73 Å². The molecule has 3 rings (SSSR count). The van der Waals surface area contributed by atoms with Gasteiger partial charge in [-0.15, -0.1) is 0 Å². The van der Waals surface area contributed by atoms with Gasteiger partial charge in [-0.25, -0.2) is 4.98 Å². The van der Waals surface area contributed by atoms with Gasteiger partial charge < -0.3 is 10.2 Å². The first-order valence-electron chi connectivity index (χ1n) is 5.30. The average Bonchev–Trinajstić information content (AvgIpc) is 2.82. The summed E-state index contributed by atoms with van der Waals surface area (Å²) in [7, 11) is 0. The van der Waals surface area contributed by atoms with E-state index in [1.165, 1.54) is 0 Å². The molecule has 4 nitrogen and oxygen atoms in total. The van der Waals surface area contributed by atoms with Crippen molar-refractivity contribution in [3.05, 3.63) is 24.2 Å². The van der Waals surface area contributed by atoms with E-state index in [1.807, 2.05) is 12.1 Å². The third-order valence-electron chi connectivity index (χ3n) is 3.00. The number of oxazole rings is 1. The largest absolute Gasteiger partial charge is 0.439 e. The van der Waals surface area contributed by atoms with Crippen LogP contribution in [0.1, 0.15) is 31.1 Å². The smallest absolute Gasteiger partial charge is 0.200 e. The van der Waals surface area contributed by atoms with E-state index in [9.17, 15) is 0 Å². The van der Waals surface area contributed by atoms with Gasteiger partial charge in [-0.05, 0) is 31.4 Å². The molecule has 1 aliphatic carbocycles. The number of nitrogens with zero attached hydrogens (tertiary/aromatic N) is 2. The fraction of sp³-hybridized carbons (Fsp3) is 0.455. The molecule has 2 atom stereocenters. The van der Waals surface area contributed by atoms with Gasteiger partial charge in [0.15, 0.2) is 17.1 Å². The third-order valence-corrected chi connectivity index (χ3v) is 3.00. The Bertz CT molecular complexity index is 446. The summed E-state index contributed by atoms with van der Waals surface area (Å²) < 4.78 is 5.67. The Morgan fingerprint density at radius 2 is 2.33 bits per heavy atom. The van der Waals surface area contributed by atoms with Gasteiger partial charge in [0.2, 0.25) is 0 Å². The molecule has 0 aromatic carbocycles. The number of fused-ring (bicyclic) bond motifs is 1. The van der Waals surface area contributed by atoms with E-state index >= 15 is 0 Å². The zero-order valence-electron chi connectivity index (χ0n) is 8.39. The van der Waals surface area contributed by atoms with Crippen LogP contribution in [0.25, 0.3) is 11.2 Å². The maximum absolute atomic E-state index is 5.87. The minimum atomic E-state index is 0.304. The van der Waals surface area contributed by atoms with E-state index in [2.05, 4.69) is 9.97 Å². The summed E-state index contributed by atoms with van der Waals surface area (Å²) in [5.74, 6) is 1.19. The van der Waals surface area contributed by atoms with Crippen LogP contribution in [0.5, 0.6) is 0 Å². The Morgan fingerprint density at radius 3 is 3.07 bits per heavy atom. The summed E-state index contributed by atoms with van der Waals surface area (Å²) in [5.41, 5.74) is 7.34. The molecule has 4 heteroatoms. The molecule has 2 aromatic heterocycles. The Hall–Kier alpha value is -1.42. The van der Waals surface area contributed by atoms with Crippen molar-refractivity contribution in [3.63, 3.8) is 0 Å². The average molecular weight is 203 g/mol. The van der Waals surface area contributed by atoms with E-state index in [-0.39, 0.29) is 0 Å². The molecule has 78 valence electrons. The number of hydrogen-bond donors (Lipinski definition) is 1. The Balaban J connectivity index is 1.98. The first-order valence-corrected chi connectivity index (χ1v) is 5.30. The van der Waals surface area contributed by atoms with Crippen molar-refractivity contribution in [1.29, 1.82) is 0 Å². The highest BCUT2D eigenvalue weighted by molar-refractivity contribution is 5.67. The lowest BCUT2D eigenvalue weighted by Crippen LogP contribution is -2.14. The van der Waals surface area contributed by atoms with Crippen molar-refractivity contribution in [1.82, 2.24) is 9.97 Å². The Morgan fingerprint density at radius 1 is 1.40 bits per heavy atom. The van der Waals surface area contributed by atoms with Crippen LogP contribution in [0.4, 0.5) is 0 Å². The number of aromatic nitrogens is 2. The van der Waals surface area contributed by atoms with Gasteiger partial charge in [0.25, 0.3) is 0 Å². The lowest BCUT2D eigenvalue weighted by Gasteiger charge is -2.02. The van der Waals surface area contributed by atoms with Crippen LogP contribution in [0, 0.1) is 0 Å². The van der Waals surface area contributed by atoms with Crippen LogP contribution in [0.2, 0.25) is 0 Å². The van der Waals surface area contributed by atoms with E-state index in [1.54, 1.807) is 6.20 Å². The molecule has 1 aliphatic rings. The quantitative estimate of drug-likeness (QED) is 0.767. The third kappa shape index (κ3) is 1.51. The number of nitrogens with two attached hydrogens (primary N) is 1. The predicted molar refractivity (Wildman–Crippen MR) is 56.4 cm³/mol. The zero-order valence-corrected chi connectivity index (χ0v) is 8.39. The molecule has 2 N–H and O–H groups in total. The topological polar surface area (TPSA) is 64.9 Å². The second-order valence-corrected chi connectivity index (χ2v) is 4.15. The highest BCUT2D eigenvalue weighted by atomic mass is 16.3. The van der Waals surface area contributed by atoms with Crippen LogP contribution in [-0.4, -0.2) is 16.0 Å². The van der Waals surface area contributed by atoms with Gasteiger partial charge >= 0.3 is 0 Å². The standard InChI is InChI=1S/C11H13N3O/c12-8-4-3-7(6-8)11-14-10-9(15-11)2-1-5-13-10/h1-2,5,7-8H,3-4,6,12H2/t7-,8+/m1/s1. The van der Waals surface area contributed by atoms with E-state index in [4.69, 9.17) is 10.2 Å². The number of pyridine rings is 1. The normalized spacial score (nSPS) is 26.2. The van der Waals surface area contributed by atoms with Crippen molar-refractivity contribution in [2.45, 2.75) is 31.2 Å². The minimum Gasteiger partial charge on any atom is -0.439 e. The van der Waals surface area contributed by atoms with E-state index < -0.39 is 0 Å². The molecule has 0 amide bonds. The van der Waals surface area contributed by atoms with Crippen molar-refractivity contribution in [3.8, 4) is 0 Å².